The number of carbonyl (C=O) groups excluding carboxylic acids is 1. The van der Waals surface area contributed by atoms with Crippen LogP contribution in [0.5, 0.6) is 17.2 Å². The Hall–Kier alpha value is -4.02. The molecular formula is C43H59BrN4O5. The van der Waals surface area contributed by atoms with Gasteiger partial charge in [-0.1, -0.05) is 18.9 Å². The summed E-state index contributed by atoms with van der Waals surface area (Å²) in [5.74, 6) is 1.59. The minimum Gasteiger partial charge on any atom is -1.00 e. The number of rotatable bonds is 18. The number of quaternary nitrogens is 1. The molecule has 1 aromatic heterocycles. The lowest BCUT2D eigenvalue weighted by Crippen LogP contribution is -3.00. The SMILES string of the molecule is CCOc1cc(OCC)cc(-n2cc(C(=O)N(CC)c3cccc(N(C)C)c3)c(=O)c3ccc(OCCCCCCC[N+]4(C)CCCCC4)cc32)c1.[Br-]. The molecule has 1 amide bonds. The summed E-state index contributed by atoms with van der Waals surface area (Å²) in [7, 11) is 6.35. The Morgan fingerprint density at radius 1 is 0.774 bits per heavy atom. The summed E-state index contributed by atoms with van der Waals surface area (Å²) < 4.78 is 21.2. The van der Waals surface area contributed by atoms with Crippen molar-refractivity contribution in [2.45, 2.75) is 72.1 Å². The molecule has 9 nitrogen and oxygen atoms in total. The van der Waals surface area contributed by atoms with Crippen molar-refractivity contribution in [1.82, 2.24) is 4.57 Å². The van der Waals surface area contributed by atoms with E-state index in [1.807, 2.05) is 98.9 Å². The fourth-order valence-electron chi connectivity index (χ4n) is 7.30. The molecule has 0 N–H and O–H groups in total. The van der Waals surface area contributed by atoms with Gasteiger partial charge < -0.3 is 50.0 Å². The highest BCUT2D eigenvalue weighted by atomic mass is 79.9. The van der Waals surface area contributed by atoms with E-state index in [1.54, 1.807) is 17.2 Å². The van der Waals surface area contributed by atoms with Gasteiger partial charge in [-0.15, -0.1) is 0 Å². The number of halogens is 1. The number of ether oxygens (including phenoxy) is 3. The number of hydrogen-bond acceptors (Lipinski definition) is 6. The Morgan fingerprint density at radius 2 is 1.43 bits per heavy atom. The van der Waals surface area contributed by atoms with Gasteiger partial charge in [-0.05, 0) is 89.6 Å². The van der Waals surface area contributed by atoms with E-state index in [1.165, 1.54) is 62.6 Å². The number of nitrogens with zero attached hydrogens (tertiary/aromatic N) is 4. The van der Waals surface area contributed by atoms with Gasteiger partial charge in [0, 0.05) is 67.9 Å². The maximum atomic E-state index is 14.3. The van der Waals surface area contributed by atoms with Crippen LogP contribution in [0.4, 0.5) is 11.4 Å². The van der Waals surface area contributed by atoms with Gasteiger partial charge in [0.05, 0.1) is 57.7 Å². The van der Waals surface area contributed by atoms with Crippen molar-refractivity contribution < 1.29 is 40.5 Å². The normalized spacial score (nSPS) is 13.6. The van der Waals surface area contributed by atoms with E-state index in [0.29, 0.717) is 60.2 Å². The van der Waals surface area contributed by atoms with Crippen LogP contribution in [0.2, 0.25) is 0 Å². The van der Waals surface area contributed by atoms with E-state index in [2.05, 4.69) is 7.05 Å². The number of hydrogen-bond donors (Lipinski definition) is 0. The third-order valence-corrected chi connectivity index (χ3v) is 10.2. The number of fused-ring (bicyclic) bond motifs is 1. The van der Waals surface area contributed by atoms with E-state index < -0.39 is 0 Å². The summed E-state index contributed by atoms with van der Waals surface area (Å²) in [6.07, 6.45) is 11.7. The molecule has 1 aliphatic heterocycles. The number of aromatic nitrogens is 1. The Balaban J connectivity index is 0.00000627. The molecule has 0 atom stereocenters. The molecule has 53 heavy (non-hydrogen) atoms. The third kappa shape index (κ3) is 10.8. The molecular weight excluding hydrogens is 732 g/mol. The van der Waals surface area contributed by atoms with E-state index in [-0.39, 0.29) is 33.9 Å². The van der Waals surface area contributed by atoms with Crippen LogP contribution in [0.25, 0.3) is 16.6 Å². The van der Waals surface area contributed by atoms with Gasteiger partial charge >= 0.3 is 0 Å². The number of pyridine rings is 1. The summed E-state index contributed by atoms with van der Waals surface area (Å²) in [5, 5.41) is 0.432. The highest BCUT2D eigenvalue weighted by Gasteiger charge is 2.25. The van der Waals surface area contributed by atoms with Crippen molar-refractivity contribution in [2.24, 2.45) is 0 Å². The second-order valence-electron chi connectivity index (χ2n) is 14.4. The van der Waals surface area contributed by atoms with Crippen LogP contribution >= 0.6 is 0 Å². The molecule has 1 saturated heterocycles. The molecule has 10 heteroatoms. The summed E-state index contributed by atoms with van der Waals surface area (Å²) in [6.45, 7) is 11.7. The lowest BCUT2D eigenvalue weighted by molar-refractivity contribution is -0.914. The van der Waals surface area contributed by atoms with Crippen molar-refractivity contribution in [3.8, 4) is 22.9 Å². The van der Waals surface area contributed by atoms with E-state index in [9.17, 15) is 9.59 Å². The minimum absolute atomic E-state index is 0. The number of carbonyl (C=O) groups is 1. The number of likely N-dealkylation sites (tertiary alicyclic amines) is 1. The summed E-state index contributed by atoms with van der Waals surface area (Å²) in [6, 6.07) is 19.0. The summed E-state index contributed by atoms with van der Waals surface area (Å²) >= 11 is 0. The predicted molar refractivity (Wildman–Crippen MR) is 213 cm³/mol. The second-order valence-corrected chi connectivity index (χ2v) is 14.4. The molecule has 0 bridgehead atoms. The number of anilines is 2. The van der Waals surface area contributed by atoms with Crippen molar-refractivity contribution in [1.29, 1.82) is 0 Å². The number of benzene rings is 3. The molecule has 288 valence electrons. The molecule has 0 saturated carbocycles. The number of piperidine rings is 1. The number of unbranched alkanes of at least 4 members (excludes halogenated alkanes) is 4. The maximum absolute atomic E-state index is 14.3. The molecule has 0 aliphatic carbocycles. The standard InChI is InChI=1S/C43H59N4O5.BrH/c1-7-45(34-20-18-19-33(27-34)44(4)5)43(49)40-32-46(35-28-37(50-8-2)30-38(29-35)51-9-3)41-31-36(21-22-39(41)42(40)48)52-26-17-12-10-11-14-23-47(6)24-15-13-16-25-47;/h18-22,27-32H,7-17,23-26H2,1-6H3;1H/q+1;/p-1. The second kappa shape index (κ2) is 19.9. The van der Waals surface area contributed by atoms with Crippen LogP contribution in [0.1, 0.15) is 82.5 Å². The van der Waals surface area contributed by atoms with Crippen LogP contribution in [-0.2, 0) is 0 Å². The van der Waals surface area contributed by atoms with Gasteiger partial charge in [0.15, 0.2) is 0 Å². The first-order valence-electron chi connectivity index (χ1n) is 19.3. The van der Waals surface area contributed by atoms with Crippen molar-refractivity contribution in [3.05, 3.63) is 82.6 Å². The Morgan fingerprint density at radius 3 is 2.09 bits per heavy atom. The van der Waals surface area contributed by atoms with Crippen LogP contribution < -0.4 is 46.4 Å². The molecule has 2 heterocycles. The molecule has 1 fully saturated rings. The molecule has 1 aliphatic rings. The quantitative estimate of drug-likeness (QED) is 0.0983. The molecule has 4 aromatic rings. The zero-order valence-electron chi connectivity index (χ0n) is 32.7. The molecule has 5 rings (SSSR count). The average molecular weight is 792 g/mol. The zero-order valence-corrected chi connectivity index (χ0v) is 34.3. The lowest BCUT2D eigenvalue weighted by atomic mass is 10.1. The fourth-order valence-corrected chi connectivity index (χ4v) is 7.30. The first kappa shape index (κ1) is 41.7. The fraction of sp³-hybridized carbons (Fsp3) is 0.488. The Bertz CT molecular complexity index is 1830. The van der Waals surface area contributed by atoms with Crippen molar-refractivity contribution >= 4 is 28.2 Å². The highest BCUT2D eigenvalue weighted by Crippen LogP contribution is 2.30. The summed E-state index contributed by atoms with van der Waals surface area (Å²) in [5.41, 5.74) is 2.80. The third-order valence-electron chi connectivity index (χ3n) is 10.2. The average Bonchev–Trinajstić information content (AvgIpc) is 3.13. The van der Waals surface area contributed by atoms with E-state index in [4.69, 9.17) is 14.2 Å². The molecule has 3 aromatic carbocycles. The summed E-state index contributed by atoms with van der Waals surface area (Å²) in [4.78, 5) is 32.1. The topological polar surface area (TPSA) is 73.2 Å². The van der Waals surface area contributed by atoms with Gasteiger partial charge in [0.25, 0.3) is 5.91 Å². The molecule has 0 radical (unpaired) electrons. The van der Waals surface area contributed by atoms with Gasteiger partial charge in [-0.25, -0.2) is 0 Å². The van der Waals surface area contributed by atoms with E-state index >= 15 is 0 Å². The Labute approximate surface area is 326 Å². The van der Waals surface area contributed by atoms with E-state index in [0.717, 1.165) is 24.2 Å². The monoisotopic (exact) mass is 790 g/mol. The molecule has 0 unspecified atom stereocenters. The highest BCUT2D eigenvalue weighted by molar-refractivity contribution is 6.07. The lowest BCUT2D eigenvalue weighted by Gasteiger charge is -2.37. The molecule has 0 spiro atoms. The minimum atomic E-state index is -0.364. The van der Waals surface area contributed by atoms with Crippen molar-refractivity contribution in [3.63, 3.8) is 0 Å². The first-order chi connectivity index (χ1) is 25.2. The largest absolute Gasteiger partial charge is 1.00 e. The van der Waals surface area contributed by atoms with Crippen molar-refractivity contribution in [2.75, 3.05) is 76.9 Å². The van der Waals surface area contributed by atoms with Crippen LogP contribution in [-0.4, -0.2) is 82.1 Å². The van der Waals surface area contributed by atoms with Crippen LogP contribution in [0.3, 0.4) is 0 Å². The number of amides is 1. The van der Waals surface area contributed by atoms with Gasteiger partial charge in [0.1, 0.15) is 22.8 Å². The van der Waals surface area contributed by atoms with Gasteiger partial charge in [-0.2, -0.15) is 0 Å². The van der Waals surface area contributed by atoms with Gasteiger partial charge in [0.2, 0.25) is 5.43 Å². The van der Waals surface area contributed by atoms with Crippen LogP contribution in [0.15, 0.2) is 71.7 Å². The zero-order chi connectivity index (χ0) is 37.1. The maximum Gasteiger partial charge on any atom is 0.263 e. The Kier molecular flexibility index (Phi) is 15.7. The van der Waals surface area contributed by atoms with Gasteiger partial charge in [-0.3, -0.25) is 9.59 Å². The van der Waals surface area contributed by atoms with Crippen LogP contribution in [0, 0.1) is 0 Å². The smallest absolute Gasteiger partial charge is 0.263 e. The predicted octanol–water partition coefficient (Wildman–Crippen LogP) is 5.48. The first-order valence-corrected chi connectivity index (χ1v) is 19.3.